The standard InChI is InChI=1S/C12H17NO/c1-3-9-8-10(14-2)4-5-11(9)12-6-7-13-12/h4-5,8,12-13H,3,6-7H2,1-2H3/t12-/m0/s1. The lowest BCUT2D eigenvalue weighted by Gasteiger charge is -2.30. The molecule has 0 radical (unpaired) electrons. The van der Waals surface area contributed by atoms with Crippen molar-refractivity contribution in [1.82, 2.24) is 5.32 Å². The van der Waals surface area contributed by atoms with Crippen LogP contribution in [0, 0.1) is 0 Å². The Morgan fingerprint density at radius 1 is 1.50 bits per heavy atom. The molecule has 1 heterocycles. The maximum Gasteiger partial charge on any atom is 0.119 e. The van der Waals surface area contributed by atoms with Crippen molar-refractivity contribution in [2.45, 2.75) is 25.8 Å². The number of rotatable bonds is 3. The third kappa shape index (κ3) is 1.62. The first kappa shape index (κ1) is 9.53. The molecule has 0 amide bonds. The second kappa shape index (κ2) is 4.01. The fourth-order valence-corrected chi connectivity index (χ4v) is 1.91. The Bertz CT molecular complexity index is 318. The Labute approximate surface area is 85.3 Å². The van der Waals surface area contributed by atoms with E-state index in [1.54, 1.807) is 7.11 Å². The molecule has 2 nitrogen and oxygen atoms in total. The van der Waals surface area contributed by atoms with Crippen molar-refractivity contribution in [2.24, 2.45) is 0 Å². The first-order valence-electron chi connectivity index (χ1n) is 5.25. The van der Waals surface area contributed by atoms with E-state index in [9.17, 15) is 0 Å². The zero-order valence-corrected chi connectivity index (χ0v) is 8.84. The number of nitrogens with one attached hydrogen (secondary N) is 1. The van der Waals surface area contributed by atoms with Gasteiger partial charge in [-0.1, -0.05) is 13.0 Å². The third-order valence-corrected chi connectivity index (χ3v) is 2.93. The molecular formula is C12H17NO. The predicted molar refractivity (Wildman–Crippen MR) is 57.7 cm³/mol. The Kier molecular flexibility index (Phi) is 2.73. The lowest BCUT2D eigenvalue weighted by Crippen LogP contribution is -2.35. The summed E-state index contributed by atoms with van der Waals surface area (Å²) in [6, 6.07) is 6.97. The van der Waals surface area contributed by atoms with Gasteiger partial charge >= 0.3 is 0 Å². The largest absolute Gasteiger partial charge is 0.497 e. The van der Waals surface area contributed by atoms with Gasteiger partial charge in [0.15, 0.2) is 0 Å². The van der Waals surface area contributed by atoms with Gasteiger partial charge in [0, 0.05) is 6.04 Å². The molecule has 1 fully saturated rings. The quantitative estimate of drug-likeness (QED) is 0.791. The van der Waals surface area contributed by atoms with Crippen LogP contribution in [0.25, 0.3) is 0 Å². The zero-order chi connectivity index (χ0) is 9.97. The number of aryl methyl sites for hydroxylation is 1. The zero-order valence-electron chi connectivity index (χ0n) is 8.84. The fourth-order valence-electron chi connectivity index (χ4n) is 1.91. The van der Waals surface area contributed by atoms with Gasteiger partial charge in [0.25, 0.3) is 0 Å². The summed E-state index contributed by atoms with van der Waals surface area (Å²) in [6.45, 7) is 3.34. The van der Waals surface area contributed by atoms with E-state index >= 15 is 0 Å². The highest BCUT2D eigenvalue weighted by Crippen LogP contribution is 2.28. The van der Waals surface area contributed by atoms with Crippen molar-refractivity contribution in [3.8, 4) is 5.75 Å². The molecule has 76 valence electrons. The average Bonchev–Trinajstić information content (AvgIpc) is 2.16. The minimum Gasteiger partial charge on any atom is -0.497 e. The molecule has 1 aliphatic heterocycles. The van der Waals surface area contributed by atoms with E-state index < -0.39 is 0 Å². The summed E-state index contributed by atoms with van der Waals surface area (Å²) in [4.78, 5) is 0. The van der Waals surface area contributed by atoms with Crippen molar-refractivity contribution in [3.05, 3.63) is 29.3 Å². The summed E-state index contributed by atoms with van der Waals surface area (Å²) in [5, 5.41) is 3.43. The molecular weight excluding hydrogens is 174 g/mol. The summed E-state index contributed by atoms with van der Waals surface area (Å²) in [5.41, 5.74) is 2.85. The van der Waals surface area contributed by atoms with Crippen molar-refractivity contribution in [2.75, 3.05) is 13.7 Å². The van der Waals surface area contributed by atoms with E-state index in [1.165, 1.54) is 17.5 Å². The van der Waals surface area contributed by atoms with Crippen LogP contribution in [-0.2, 0) is 6.42 Å². The highest BCUT2D eigenvalue weighted by Gasteiger charge is 2.20. The summed E-state index contributed by atoms with van der Waals surface area (Å²) < 4.78 is 5.22. The minimum absolute atomic E-state index is 0.579. The normalized spacial score (nSPS) is 20.3. The monoisotopic (exact) mass is 191 g/mol. The molecule has 0 saturated carbocycles. The van der Waals surface area contributed by atoms with Crippen molar-refractivity contribution in [3.63, 3.8) is 0 Å². The molecule has 1 saturated heterocycles. The van der Waals surface area contributed by atoms with Gasteiger partial charge in [-0.15, -0.1) is 0 Å². The van der Waals surface area contributed by atoms with E-state index in [4.69, 9.17) is 4.74 Å². The molecule has 0 spiro atoms. The maximum absolute atomic E-state index is 5.22. The van der Waals surface area contributed by atoms with Crippen LogP contribution in [0.15, 0.2) is 18.2 Å². The van der Waals surface area contributed by atoms with Crippen LogP contribution in [0.3, 0.4) is 0 Å². The molecule has 0 unspecified atom stereocenters. The lowest BCUT2D eigenvalue weighted by molar-refractivity contribution is 0.379. The number of hydrogen-bond donors (Lipinski definition) is 1. The van der Waals surface area contributed by atoms with E-state index in [1.807, 2.05) is 0 Å². The Hall–Kier alpha value is -1.02. The Morgan fingerprint density at radius 3 is 2.79 bits per heavy atom. The SMILES string of the molecule is CCc1cc(OC)ccc1[C@@H]1CCN1. The van der Waals surface area contributed by atoms with Gasteiger partial charge in [-0.05, 0) is 42.6 Å². The molecule has 1 atom stereocenters. The minimum atomic E-state index is 0.579. The van der Waals surface area contributed by atoms with Gasteiger partial charge in [0.1, 0.15) is 5.75 Å². The van der Waals surface area contributed by atoms with Crippen LogP contribution in [-0.4, -0.2) is 13.7 Å². The van der Waals surface area contributed by atoms with Crippen molar-refractivity contribution >= 4 is 0 Å². The van der Waals surface area contributed by atoms with Crippen LogP contribution in [0.2, 0.25) is 0 Å². The molecule has 1 aromatic carbocycles. The molecule has 0 aliphatic carbocycles. The number of methoxy groups -OCH3 is 1. The first-order chi connectivity index (χ1) is 6.85. The predicted octanol–water partition coefficient (Wildman–Crippen LogP) is 2.29. The molecule has 1 N–H and O–H groups in total. The molecule has 0 bridgehead atoms. The van der Waals surface area contributed by atoms with E-state index in [-0.39, 0.29) is 0 Å². The summed E-state index contributed by atoms with van der Waals surface area (Å²) >= 11 is 0. The molecule has 1 aliphatic rings. The highest BCUT2D eigenvalue weighted by molar-refractivity contribution is 5.38. The second-order valence-electron chi connectivity index (χ2n) is 3.71. The van der Waals surface area contributed by atoms with Crippen molar-refractivity contribution in [1.29, 1.82) is 0 Å². The molecule has 0 aromatic heterocycles. The molecule has 14 heavy (non-hydrogen) atoms. The highest BCUT2D eigenvalue weighted by atomic mass is 16.5. The lowest BCUT2D eigenvalue weighted by atomic mass is 9.92. The maximum atomic E-state index is 5.22. The van der Waals surface area contributed by atoms with Crippen LogP contribution >= 0.6 is 0 Å². The van der Waals surface area contributed by atoms with E-state index in [0.717, 1.165) is 18.7 Å². The Morgan fingerprint density at radius 2 is 2.29 bits per heavy atom. The van der Waals surface area contributed by atoms with Gasteiger partial charge in [-0.3, -0.25) is 0 Å². The summed E-state index contributed by atoms with van der Waals surface area (Å²) in [6.07, 6.45) is 2.34. The summed E-state index contributed by atoms with van der Waals surface area (Å²) in [7, 11) is 1.72. The van der Waals surface area contributed by atoms with Gasteiger partial charge < -0.3 is 10.1 Å². The first-order valence-corrected chi connectivity index (χ1v) is 5.25. The summed E-state index contributed by atoms with van der Waals surface area (Å²) in [5.74, 6) is 0.963. The van der Waals surface area contributed by atoms with Crippen LogP contribution in [0.4, 0.5) is 0 Å². The Balaban J connectivity index is 2.29. The molecule has 2 heteroatoms. The van der Waals surface area contributed by atoms with Crippen LogP contribution in [0.5, 0.6) is 5.75 Å². The van der Waals surface area contributed by atoms with Crippen molar-refractivity contribution < 1.29 is 4.74 Å². The molecule has 2 rings (SSSR count). The fraction of sp³-hybridized carbons (Fsp3) is 0.500. The van der Waals surface area contributed by atoms with Gasteiger partial charge in [0.05, 0.1) is 7.11 Å². The number of benzene rings is 1. The average molecular weight is 191 g/mol. The van der Waals surface area contributed by atoms with Gasteiger partial charge in [0.2, 0.25) is 0 Å². The van der Waals surface area contributed by atoms with Gasteiger partial charge in [-0.2, -0.15) is 0 Å². The van der Waals surface area contributed by atoms with E-state index in [0.29, 0.717) is 6.04 Å². The van der Waals surface area contributed by atoms with Crippen LogP contribution < -0.4 is 10.1 Å². The third-order valence-electron chi connectivity index (χ3n) is 2.93. The number of hydrogen-bond acceptors (Lipinski definition) is 2. The van der Waals surface area contributed by atoms with E-state index in [2.05, 4.69) is 30.4 Å². The second-order valence-corrected chi connectivity index (χ2v) is 3.71. The topological polar surface area (TPSA) is 21.3 Å². The number of ether oxygens (including phenoxy) is 1. The smallest absolute Gasteiger partial charge is 0.119 e. The van der Waals surface area contributed by atoms with Gasteiger partial charge in [-0.25, -0.2) is 0 Å². The van der Waals surface area contributed by atoms with Crippen LogP contribution in [0.1, 0.15) is 30.5 Å². The molecule has 1 aromatic rings.